The molecule has 0 aliphatic carbocycles. The van der Waals surface area contributed by atoms with Crippen molar-refractivity contribution >= 4 is 10.8 Å². The maximum absolute atomic E-state index is 4.98. The van der Waals surface area contributed by atoms with Crippen LogP contribution in [0.1, 0.15) is 5.56 Å². The molecule has 0 saturated carbocycles. The molecule has 0 radical (unpaired) electrons. The van der Waals surface area contributed by atoms with Crippen LogP contribution in [0.2, 0.25) is 0 Å². The van der Waals surface area contributed by atoms with E-state index in [0.717, 1.165) is 19.7 Å². The number of ether oxygens (including phenoxy) is 1. The highest BCUT2D eigenvalue weighted by Crippen LogP contribution is 2.14. The van der Waals surface area contributed by atoms with Gasteiger partial charge in [-0.25, -0.2) is 0 Å². The monoisotopic (exact) mass is 216 g/mol. The number of nitrogens with zero attached hydrogens (tertiary/aromatic N) is 1. The average molecular weight is 216 g/mol. The molecule has 0 spiro atoms. The van der Waals surface area contributed by atoms with Crippen molar-refractivity contribution in [2.75, 3.05) is 20.3 Å². The van der Waals surface area contributed by atoms with Crippen molar-refractivity contribution in [3.05, 3.63) is 42.2 Å². The van der Waals surface area contributed by atoms with Gasteiger partial charge in [0.25, 0.3) is 0 Å². The largest absolute Gasteiger partial charge is 0.383 e. The zero-order valence-electron chi connectivity index (χ0n) is 9.44. The van der Waals surface area contributed by atoms with Gasteiger partial charge in [0.2, 0.25) is 0 Å². The number of nitrogens with one attached hydrogen (secondary N) is 1. The van der Waals surface area contributed by atoms with E-state index in [0.29, 0.717) is 0 Å². The summed E-state index contributed by atoms with van der Waals surface area (Å²) in [6.45, 7) is 2.50. The van der Waals surface area contributed by atoms with Crippen LogP contribution in [-0.2, 0) is 11.3 Å². The third kappa shape index (κ3) is 2.78. The number of rotatable bonds is 5. The summed E-state index contributed by atoms with van der Waals surface area (Å²) in [6, 6.07) is 8.46. The van der Waals surface area contributed by atoms with E-state index in [-0.39, 0.29) is 0 Å². The van der Waals surface area contributed by atoms with E-state index < -0.39 is 0 Å². The van der Waals surface area contributed by atoms with Crippen LogP contribution < -0.4 is 5.32 Å². The van der Waals surface area contributed by atoms with Crippen molar-refractivity contribution < 1.29 is 4.74 Å². The van der Waals surface area contributed by atoms with Crippen molar-refractivity contribution in [1.82, 2.24) is 10.3 Å². The van der Waals surface area contributed by atoms with Gasteiger partial charge in [-0.05, 0) is 23.1 Å². The zero-order valence-corrected chi connectivity index (χ0v) is 9.44. The van der Waals surface area contributed by atoms with Gasteiger partial charge in [-0.3, -0.25) is 4.98 Å². The molecule has 0 bridgehead atoms. The highest BCUT2D eigenvalue weighted by molar-refractivity contribution is 5.81. The molecule has 0 atom stereocenters. The van der Waals surface area contributed by atoms with Crippen LogP contribution in [0.15, 0.2) is 36.7 Å². The minimum absolute atomic E-state index is 0.748. The lowest BCUT2D eigenvalue weighted by Gasteiger charge is -2.05. The molecule has 1 N–H and O–H groups in total. The van der Waals surface area contributed by atoms with Crippen molar-refractivity contribution in [1.29, 1.82) is 0 Å². The molecule has 2 rings (SSSR count). The molecule has 3 nitrogen and oxygen atoms in total. The van der Waals surface area contributed by atoms with E-state index in [1.807, 2.05) is 18.5 Å². The summed E-state index contributed by atoms with van der Waals surface area (Å²) in [4.78, 5) is 4.10. The standard InChI is InChI=1S/C13H16N2O/c1-16-7-6-15-9-11-2-3-13-10-14-5-4-12(13)8-11/h2-5,8,10,15H,6-7,9H2,1H3. The van der Waals surface area contributed by atoms with Gasteiger partial charge >= 0.3 is 0 Å². The lowest BCUT2D eigenvalue weighted by molar-refractivity contribution is 0.199. The fraction of sp³-hybridized carbons (Fsp3) is 0.308. The van der Waals surface area contributed by atoms with Crippen molar-refractivity contribution in [2.45, 2.75) is 6.54 Å². The Morgan fingerprint density at radius 2 is 2.19 bits per heavy atom. The number of pyridine rings is 1. The Balaban J connectivity index is 2.02. The van der Waals surface area contributed by atoms with Gasteiger partial charge in [-0.2, -0.15) is 0 Å². The van der Waals surface area contributed by atoms with E-state index in [1.54, 1.807) is 7.11 Å². The fourth-order valence-corrected chi connectivity index (χ4v) is 1.65. The van der Waals surface area contributed by atoms with E-state index in [2.05, 4.69) is 28.5 Å². The predicted molar refractivity (Wildman–Crippen MR) is 65.3 cm³/mol. The SMILES string of the molecule is COCCNCc1ccc2cnccc2c1. The molecule has 3 heteroatoms. The summed E-state index contributed by atoms with van der Waals surface area (Å²) in [5.74, 6) is 0. The predicted octanol–water partition coefficient (Wildman–Crippen LogP) is 1.97. The zero-order chi connectivity index (χ0) is 11.2. The van der Waals surface area contributed by atoms with Gasteiger partial charge in [0.1, 0.15) is 0 Å². The topological polar surface area (TPSA) is 34.1 Å². The molecular weight excluding hydrogens is 200 g/mol. The Hall–Kier alpha value is -1.45. The molecule has 0 amide bonds. The Bertz CT molecular complexity index is 456. The second-order valence-electron chi connectivity index (χ2n) is 3.73. The fourth-order valence-electron chi connectivity index (χ4n) is 1.65. The van der Waals surface area contributed by atoms with Crippen LogP contribution in [-0.4, -0.2) is 25.2 Å². The molecule has 16 heavy (non-hydrogen) atoms. The van der Waals surface area contributed by atoms with Gasteiger partial charge in [0, 0.05) is 38.0 Å². The Morgan fingerprint density at radius 3 is 3.06 bits per heavy atom. The molecule has 2 aromatic rings. The highest BCUT2D eigenvalue weighted by atomic mass is 16.5. The van der Waals surface area contributed by atoms with Gasteiger partial charge < -0.3 is 10.1 Å². The summed E-state index contributed by atoms with van der Waals surface area (Å²) in [6.07, 6.45) is 3.71. The second-order valence-corrected chi connectivity index (χ2v) is 3.73. The molecule has 0 unspecified atom stereocenters. The summed E-state index contributed by atoms with van der Waals surface area (Å²) >= 11 is 0. The summed E-state index contributed by atoms with van der Waals surface area (Å²) < 4.78 is 4.98. The molecule has 84 valence electrons. The average Bonchev–Trinajstić information content (AvgIpc) is 2.34. The molecule has 0 aliphatic rings. The number of hydrogen-bond donors (Lipinski definition) is 1. The first-order valence-corrected chi connectivity index (χ1v) is 5.42. The molecule has 0 aliphatic heterocycles. The molecule has 0 fully saturated rings. The molecule has 0 saturated heterocycles. The van der Waals surface area contributed by atoms with Crippen LogP contribution in [0.3, 0.4) is 0 Å². The minimum Gasteiger partial charge on any atom is -0.383 e. The molecular formula is C13H16N2O. The van der Waals surface area contributed by atoms with Crippen molar-refractivity contribution in [3.63, 3.8) is 0 Å². The Morgan fingerprint density at radius 1 is 1.25 bits per heavy atom. The second kappa shape index (κ2) is 5.58. The number of aromatic nitrogens is 1. The van der Waals surface area contributed by atoms with Gasteiger partial charge in [0.05, 0.1) is 6.61 Å². The van der Waals surface area contributed by atoms with E-state index in [9.17, 15) is 0 Å². The Labute approximate surface area is 95.5 Å². The lowest BCUT2D eigenvalue weighted by Crippen LogP contribution is -2.18. The number of methoxy groups -OCH3 is 1. The van der Waals surface area contributed by atoms with Gasteiger partial charge in [-0.15, -0.1) is 0 Å². The summed E-state index contributed by atoms with van der Waals surface area (Å²) in [5.41, 5.74) is 1.29. The highest BCUT2D eigenvalue weighted by Gasteiger charge is 1.96. The van der Waals surface area contributed by atoms with E-state index in [1.165, 1.54) is 16.3 Å². The minimum atomic E-state index is 0.748. The number of benzene rings is 1. The quantitative estimate of drug-likeness (QED) is 0.776. The van der Waals surface area contributed by atoms with Crippen LogP contribution >= 0.6 is 0 Å². The lowest BCUT2D eigenvalue weighted by atomic mass is 10.1. The van der Waals surface area contributed by atoms with Crippen LogP contribution in [0, 0.1) is 0 Å². The van der Waals surface area contributed by atoms with Crippen molar-refractivity contribution in [3.8, 4) is 0 Å². The molecule has 1 aromatic heterocycles. The Kier molecular flexibility index (Phi) is 3.86. The van der Waals surface area contributed by atoms with Gasteiger partial charge in [-0.1, -0.05) is 12.1 Å². The van der Waals surface area contributed by atoms with Crippen molar-refractivity contribution in [2.24, 2.45) is 0 Å². The van der Waals surface area contributed by atoms with E-state index in [4.69, 9.17) is 4.74 Å². The summed E-state index contributed by atoms with van der Waals surface area (Å²) in [7, 11) is 1.71. The molecule has 1 aromatic carbocycles. The van der Waals surface area contributed by atoms with Crippen LogP contribution in [0.25, 0.3) is 10.8 Å². The third-order valence-electron chi connectivity index (χ3n) is 2.52. The smallest absolute Gasteiger partial charge is 0.0587 e. The third-order valence-corrected chi connectivity index (χ3v) is 2.52. The van der Waals surface area contributed by atoms with Crippen LogP contribution in [0.5, 0.6) is 0 Å². The van der Waals surface area contributed by atoms with Crippen LogP contribution in [0.4, 0.5) is 0 Å². The maximum atomic E-state index is 4.98. The van der Waals surface area contributed by atoms with Gasteiger partial charge in [0.15, 0.2) is 0 Å². The molecule has 1 heterocycles. The first-order valence-electron chi connectivity index (χ1n) is 5.42. The van der Waals surface area contributed by atoms with E-state index >= 15 is 0 Å². The number of fused-ring (bicyclic) bond motifs is 1. The summed E-state index contributed by atoms with van der Waals surface area (Å²) in [5, 5.41) is 5.75. The first-order chi connectivity index (χ1) is 7.90. The first kappa shape index (κ1) is 11.0. The number of hydrogen-bond acceptors (Lipinski definition) is 3. The maximum Gasteiger partial charge on any atom is 0.0587 e. The normalized spacial score (nSPS) is 10.8.